The summed E-state index contributed by atoms with van der Waals surface area (Å²) in [5.74, 6) is 0.0778. The van der Waals surface area contributed by atoms with E-state index in [1.165, 1.54) is 6.92 Å². The lowest BCUT2D eigenvalue weighted by Gasteiger charge is -2.28. The molecular weight excluding hydrogens is 350 g/mol. The lowest BCUT2D eigenvalue weighted by atomic mass is 10.0. The van der Waals surface area contributed by atoms with Gasteiger partial charge in [-0.15, -0.1) is 0 Å². The molecule has 0 spiro atoms. The fraction of sp³-hybridized carbons (Fsp3) is 0.625. The second-order valence-corrected chi connectivity index (χ2v) is 10.8. The monoisotopic (exact) mass is 375 g/mol. The molecule has 1 N–H and O–H groups in total. The highest BCUT2D eigenvalue weighted by atomic mass is 32.2. The number of rotatable bonds is 6. The van der Waals surface area contributed by atoms with Crippen molar-refractivity contribution >= 4 is 19.9 Å². The Bertz CT molecular complexity index is 767. The Morgan fingerprint density at radius 3 is 2.21 bits per heavy atom. The van der Waals surface area contributed by atoms with Crippen LogP contribution in [-0.4, -0.2) is 56.4 Å². The van der Waals surface area contributed by atoms with Crippen LogP contribution in [-0.2, 0) is 19.9 Å². The maximum atomic E-state index is 13.0. The number of aliphatic hydroxyl groups excluding tert-OH is 1. The average molecular weight is 376 g/mol. The van der Waals surface area contributed by atoms with Crippen molar-refractivity contribution < 1.29 is 21.9 Å². The zero-order valence-corrected chi connectivity index (χ0v) is 15.8. The normalized spacial score (nSPS) is 22.2. The van der Waals surface area contributed by atoms with E-state index in [1.807, 2.05) is 13.8 Å². The van der Waals surface area contributed by atoms with Crippen molar-refractivity contribution in [1.82, 2.24) is 4.31 Å². The average Bonchev–Trinajstić information content (AvgIpc) is 2.84. The van der Waals surface area contributed by atoms with Crippen LogP contribution in [0, 0.1) is 0 Å². The molecule has 24 heavy (non-hydrogen) atoms. The molecule has 1 aromatic rings. The summed E-state index contributed by atoms with van der Waals surface area (Å²) in [6.45, 7) is 5.42. The van der Waals surface area contributed by atoms with Crippen LogP contribution in [0.15, 0.2) is 29.2 Å². The fourth-order valence-corrected chi connectivity index (χ4v) is 6.43. The van der Waals surface area contributed by atoms with E-state index in [9.17, 15) is 21.9 Å². The summed E-state index contributed by atoms with van der Waals surface area (Å²) in [6.07, 6.45) is -0.615. The van der Waals surface area contributed by atoms with Gasteiger partial charge in [0.1, 0.15) is 0 Å². The molecule has 2 atom stereocenters. The van der Waals surface area contributed by atoms with Crippen LogP contribution in [0.2, 0.25) is 0 Å². The molecule has 1 heterocycles. The first-order valence-electron chi connectivity index (χ1n) is 8.03. The number of aliphatic hydroxyl groups is 1. The van der Waals surface area contributed by atoms with E-state index < -0.39 is 32.0 Å². The number of sulfone groups is 1. The minimum Gasteiger partial charge on any atom is -0.392 e. The second-order valence-electron chi connectivity index (χ2n) is 6.70. The van der Waals surface area contributed by atoms with Gasteiger partial charge in [-0.25, -0.2) is 16.8 Å². The van der Waals surface area contributed by atoms with Crippen molar-refractivity contribution in [2.24, 2.45) is 0 Å². The van der Waals surface area contributed by atoms with Crippen LogP contribution in [0.25, 0.3) is 0 Å². The molecule has 1 aliphatic rings. The Morgan fingerprint density at radius 1 is 1.21 bits per heavy atom. The molecule has 0 saturated carbocycles. The van der Waals surface area contributed by atoms with E-state index in [-0.39, 0.29) is 35.3 Å². The molecule has 1 aromatic carbocycles. The van der Waals surface area contributed by atoms with Gasteiger partial charge in [0.15, 0.2) is 9.84 Å². The van der Waals surface area contributed by atoms with E-state index in [4.69, 9.17) is 0 Å². The Balaban J connectivity index is 2.36. The first-order valence-corrected chi connectivity index (χ1v) is 11.3. The molecule has 8 heteroatoms. The van der Waals surface area contributed by atoms with Gasteiger partial charge >= 0.3 is 0 Å². The predicted octanol–water partition coefficient (Wildman–Crippen LogP) is 1.37. The predicted molar refractivity (Wildman–Crippen MR) is 93.2 cm³/mol. The lowest BCUT2D eigenvalue weighted by Crippen LogP contribution is -2.44. The highest BCUT2D eigenvalue weighted by molar-refractivity contribution is 7.92. The summed E-state index contributed by atoms with van der Waals surface area (Å²) < 4.78 is 50.5. The first kappa shape index (κ1) is 19.4. The van der Waals surface area contributed by atoms with Crippen LogP contribution in [0.4, 0.5) is 0 Å². The van der Waals surface area contributed by atoms with Crippen molar-refractivity contribution in [3.8, 4) is 0 Å². The largest absolute Gasteiger partial charge is 0.392 e. The number of hydrogen-bond donors (Lipinski definition) is 1. The lowest BCUT2D eigenvalue weighted by molar-refractivity contribution is 0.151. The highest BCUT2D eigenvalue weighted by Gasteiger charge is 2.39. The standard InChI is InChI=1S/C16H25NO5S2/c1-12(2)14-4-6-16(7-5-14)24(21,22)17(10-13(3)18)15-8-9-23(19,20)11-15/h4-7,12-13,15,18H,8-11H2,1-3H3/t13-,15-/m0/s1. The van der Waals surface area contributed by atoms with Gasteiger partial charge in [-0.1, -0.05) is 26.0 Å². The van der Waals surface area contributed by atoms with Crippen molar-refractivity contribution in [2.75, 3.05) is 18.1 Å². The molecule has 1 aliphatic heterocycles. The van der Waals surface area contributed by atoms with Crippen molar-refractivity contribution in [3.63, 3.8) is 0 Å². The summed E-state index contributed by atoms with van der Waals surface area (Å²) in [7, 11) is -7.09. The summed E-state index contributed by atoms with van der Waals surface area (Å²) in [5.41, 5.74) is 1.03. The van der Waals surface area contributed by atoms with Crippen molar-refractivity contribution in [2.45, 2.75) is 50.2 Å². The van der Waals surface area contributed by atoms with Crippen LogP contribution in [0.3, 0.4) is 0 Å². The van der Waals surface area contributed by atoms with Gasteiger partial charge in [-0.05, 0) is 37.0 Å². The minimum absolute atomic E-state index is 0.0181. The van der Waals surface area contributed by atoms with Gasteiger partial charge in [0.05, 0.1) is 22.5 Å². The molecule has 2 rings (SSSR count). The van der Waals surface area contributed by atoms with Gasteiger partial charge in [0.25, 0.3) is 0 Å². The third-order valence-electron chi connectivity index (χ3n) is 4.21. The molecule has 0 aliphatic carbocycles. The number of sulfonamides is 1. The van der Waals surface area contributed by atoms with E-state index in [0.717, 1.165) is 9.87 Å². The molecule has 0 unspecified atom stereocenters. The summed E-state index contributed by atoms with van der Waals surface area (Å²) in [5, 5.41) is 9.68. The zero-order valence-electron chi connectivity index (χ0n) is 14.2. The quantitative estimate of drug-likeness (QED) is 0.811. The Labute approximate surface area is 144 Å². The fourth-order valence-electron chi connectivity index (χ4n) is 2.87. The van der Waals surface area contributed by atoms with Crippen molar-refractivity contribution in [1.29, 1.82) is 0 Å². The molecule has 0 radical (unpaired) electrons. The molecule has 1 fully saturated rings. The van der Waals surface area contributed by atoms with Gasteiger partial charge < -0.3 is 5.11 Å². The molecule has 0 amide bonds. The Kier molecular flexibility index (Phi) is 5.74. The number of hydrogen-bond acceptors (Lipinski definition) is 5. The smallest absolute Gasteiger partial charge is 0.243 e. The summed E-state index contributed by atoms with van der Waals surface area (Å²) in [6, 6.07) is 6.00. The second kappa shape index (κ2) is 7.11. The molecule has 136 valence electrons. The molecular formula is C16H25NO5S2. The minimum atomic E-state index is -3.86. The summed E-state index contributed by atoms with van der Waals surface area (Å²) >= 11 is 0. The first-order chi connectivity index (χ1) is 11.0. The van der Waals surface area contributed by atoms with Crippen LogP contribution in [0.1, 0.15) is 38.7 Å². The Hall–Kier alpha value is -0.960. The highest BCUT2D eigenvalue weighted by Crippen LogP contribution is 2.26. The molecule has 6 nitrogen and oxygen atoms in total. The van der Waals surface area contributed by atoms with Crippen molar-refractivity contribution in [3.05, 3.63) is 29.8 Å². The van der Waals surface area contributed by atoms with E-state index in [0.29, 0.717) is 0 Å². The topological polar surface area (TPSA) is 91.8 Å². The van der Waals surface area contributed by atoms with Gasteiger partial charge in [0, 0.05) is 12.6 Å². The SMILES string of the molecule is CC(C)c1ccc(S(=O)(=O)N(C[C@H](C)O)[C@H]2CCS(=O)(=O)C2)cc1. The maximum Gasteiger partial charge on any atom is 0.243 e. The third-order valence-corrected chi connectivity index (χ3v) is 7.90. The molecule has 1 saturated heterocycles. The number of nitrogens with zero attached hydrogens (tertiary/aromatic N) is 1. The van der Waals surface area contributed by atoms with Gasteiger partial charge in [0.2, 0.25) is 10.0 Å². The van der Waals surface area contributed by atoms with Gasteiger partial charge in [-0.3, -0.25) is 0 Å². The van der Waals surface area contributed by atoms with Crippen LogP contribution < -0.4 is 0 Å². The van der Waals surface area contributed by atoms with E-state index >= 15 is 0 Å². The number of benzene rings is 1. The van der Waals surface area contributed by atoms with Crippen LogP contribution in [0.5, 0.6) is 0 Å². The van der Waals surface area contributed by atoms with Crippen LogP contribution >= 0.6 is 0 Å². The molecule has 0 bridgehead atoms. The summed E-state index contributed by atoms with van der Waals surface area (Å²) in [4.78, 5) is 0.122. The maximum absolute atomic E-state index is 13.0. The zero-order chi connectivity index (χ0) is 18.1. The van der Waals surface area contributed by atoms with E-state index in [2.05, 4.69) is 0 Å². The third kappa shape index (κ3) is 4.36. The Morgan fingerprint density at radius 2 is 1.79 bits per heavy atom. The van der Waals surface area contributed by atoms with E-state index in [1.54, 1.807) is 24.3 Å². The molecule has 0 aromatic heterocycles. The van der Waals surface area contributed by atoms with Gasteiger partial charge in [-0.2, -0.15) is 4.31 Å².